The lowest BCUT2D eigenvalue weighted by molar-refractivity contribution is -0.0408. The van der Waals surface area contributed by atoms with Gasteiger partial charge in [-0.05, 0) is 31.0 Å². The standard InChI is InChI=1S/C26H44ClNO4/c1-3-5-7-9-11-13-17-30-20-23(21-31-18-14-12-10-8-6-4-2)32-26(29)22-15-16-24(27)25(28)19-22/h15-16,19,23H,3-14,17-18,20-21,28H2,1-2H3. The Balaban J connectivity index is 2.39. The molecule has 0 bridgehead atoms. The molecule has 5 nitrogen and oxygen atoms in total. The minimum atomic E-state index is -0.445. The Morgan fingerprint density at radius 2 is 1.34 bits per heavy atom. The average molecular weight is 470 g/mol. The Bertz CT molecular complexity index is 591. The van der Waals surface area contributed by atoms with E-state index in [1.165, 1.54) is 70.3 Å². The van der Waals surface area contributed by atoms with Crippen LogP contribution in [0.5, 0.6) is 0 Å². The molecule has 0 atom stereocenters. The van der Waals surface area contributed by atoms with Crippen molar-refractivity contribution in [1.82, 2.24) is 0 Å². The van der Waals surface area contributed by atoms with Crippen LogP contribution in [-0.4, -0.2) is 38.5 Å². The number of carbonyl (C=O) groups excluding carboxylic acids is 1. The number of anilines is 1. The first-order valence-corrected chi connectivity index (χ1v) is 12.9. The van der Waals surface area contributed by atoms with E-state index in [9.17, 15) is 4.79 Å². The van der Waals surface area contributed by atoms with E-state index in [1.54, 1.807) is 12.1 Å². The van der Waals surface area contributed by atoms with Gasteiger partial charge >= 0.3 is 5.97 Å². The van der Waals surface area contributed by atoms with Gasteiger partial charge in [0.05, 0.1) is 29.5 Å². The van der Waals surface area contributed by atoms with Gasteiger partial charge in [0.1, 0.15) is 6.10 Å². The Labute approximate surface area is 200 Å². The van der Waals surface area contributed by atoms with Crippen LogP contribution < -0.4 is 5.73 Å². The van der Waals surface area contributed by atoms with Crippen molar-refractivity contribution in [2.75, 3.05) is 32.2 Å². The summed E-state index contributed by atoms with van der Waals surface area (Å²) in [5.41, 5.74) is 6.55. The van der Waals surface area contributed by atoms with Gasteiger partial charge in [-0.3, -0.25) is 0 Å². The van der Waals surface area contributed by atoms with Crippen molar-refractivity contribution in [2.24, 2.45) is 0 Å². The number of esters is 1. The molecule has 0 radical (unpaired) electrons. The van der Waals surface area contributed by atoms with Crippen LogP contribution in [0.2, 0.25) is 5.02 Å². The van der Waals surface area contributed by atoms with E-state index >= 15 is 0 Å². The van der Waals surface area contributed by atoms with Gasteiger partial charge < -0.3 is 19.9 Å². The molecule has 0 saturated heterocycles. The molecular weight excluding hydrogens is 426 g/mol. The number of nitrogen functional groups attached to an aromatic ring is 1. The minimum Gasteiger partial charge on any atom is -0.454 e. The summed E-state index contributed by atoms with van der Waals surface area (Å²) in [7, 11) is 0. The van der Waals surface area contributed by atoms with Gasteiger partial charge in [-0.25, -0.2) is 4.79 Å². The first-order chi connectivity index (χ1) is 15.6. The van der Waals surface area contributed by atoms with Crippen LogP contribution in [0.1, 0.15) is 101 Å². The van der Waals surface area contributed by atoms with E-state index in [-0.39, 0.29) is 0 Å². The molecule has 2 N–H and O–H groups in total. The number of ether oxygens (including phenoxy) is 3. The smallest absolute Gasteiger partial charge is 0.338 e. The van der Waals surface area contributed by atoms with Crippen molar-refractivity contribution in [1.29, 1.82) is 0 Å². The Kier molecular flexibility index (Phi) is 17.2. The Morgan fingerprint density at radius 3 is 1.84 bits per heavy atom. The molecule has 0 aliphatic carbocycles. The van der Waals surface area contributed by atoms with Crippen LogP contribution in [-0.2, 0) is 14.2 Å². The molecule has 0 amide bonds. The van der Waals surface area contributed by atoms with Crippen molar-refractivity contribution in [3.05, 3.63) is 28.8 Å². The van der Waals surface area contributed by atoms with Crippen LogP contribution in [0.25, 0.3) is 0 Å². The fourth-order valence-electron chi connectivity index (χ4n) is 3.40. The number of hydrogen-bond donors (Lipinski definition) is 1. The van der Waals surface area contributed by atoms with Gasteiger partial charge in [0, 0.05) is 13.2 Å². The number of benzene rings is 1. The first-order valence-electron chi connectivity index (χ1n) is 12.5. The molecule has 0 aromatic heterocycles. The predicted molar refractivity (Wildman–Crippen MR) is 133 cm³/mol. The third-order valence-corrected chi connectivity index (χ3v) is 5.74. The zero-order valence-electron chi connectivity index (χ0n) is 20.2. The molecule has 6 heteroatoms. The molecule has 0 aliphatic rings. The highest BCUT2D eigenvalue weighted by Crippen LogP contribution is 2.20. The molecule has 1 aromatic carbocycles. The van der Waals surface area contributed by atoms with E-state index in [0.29, 0.717) is 42.7 Å². The first kappa shape index (κ1) is 28.7. The molecule has 32 heavy (non-hydrogen) atoms. The SMILES string of the molecule is CCCCCCCCOCC(COCCCCCCCC)OC(=O)c1ccc(Cl)c(N)c1. The van der Waals surface area contributed by atoms with Gasteiger partial charge in [-0.1, -0.05) is 89.7 Å². The molecular formula is C26H44ClNO4. The highest BCUT2D eigenvalue weighted by atomic mass is 35.5. The lowest BCUT2D eigenvalue weighted by Gasteiger charge is -2.19. The summed E-state index contributed by atoms with van der Waals surface area (Å²) in [5.74, 6) is -0.440. The summed E-state index contributed by atoms with van der Waals surface area (Å²) in [6.45, 7) is 6.45. The van der Waals surface area contributed by atoms with E-state index in [0.717, 1.165) is 12.8 Å². The molecule has 0 heterocycles. The topological polar surface area (TPSA) is 70.8 Å². The highest BCUT2D eigenvalue weighted by molar-refractivity contribution is 6.33. The van der Waals surface area contributed by atoms with Crippen molar-refractivity contribution in [2.45, 2.75) is 97.0 Å². The van der Waals surface area contributed by atoms with E-state index in [4.69, 9.17) is 31.5 Å². The predicted octanol–water partition coefficient (Wildman–Crippen LogP) is 7.20. The molecule has 1 rings (SSSR count). The number of halogens is 1. The maximum atomic E-state index is 12.6. The fraction of sp³-hybridized carbons (Fsp3) is 0.731. The number of unbranched alkanes of at least 4 members (excludes halogenated alkanes) is 10. The fourth-order valence-corrected chi connectivity index (χ4v) is 3.52. The second-order valence-electron chi connectivity index (χ2n) is 8.45. The zero-order valence-corrected chi connectivity index (χ0v) is 21.0. The van der Waals surface area contributed by atoms with Crippen LogP contribution >= 0.6 is 11.6 Å². The molecule has 0 fully saturated rings. The summed E-state index contributed by atoms with van der Waals surface area (Å²) >= 11 is 5.95. The quantitative estimate of drug-likeness (QED) is 0.124. The van der Waals surface area contributed by atoms with Crippen LogP contribution in [0.15, 0.2) is 18.2 Å². The minimum absolute atomic E-state index is 0.334. The summed E-state index contributed by atoms with van der Waals surface area (Å²) in [6, 6.07) is 4.76. The molecule has 184 valence electrons. The largest absolute Gasteiger partial charge is 0.454 e. The van der Waals surface area contributed by atoms with Crippen molar-refractivity contribution >= 4 is 23.3 Å². The average Bonchev–Trinajstić information content (AvgIpc) is 2.78. The normalized spacial score (nSPS) is 11.2. The summed E-state index contributed by atoms with van der Waals surface area (Å²) < 4.78 is 17.3. The molecule has 0 saturated carbocycles. The van der Waals surface area contributed by atoms with Gasteiger partial charge in [-0.15, -0.1) is 0 Å². The summed E-state index contributed by atoms with van der Waals surface area (Å²) in [4.78, 5) is 12.6. The van der Waals surface area contributed by atoms with Crippen LogP contribution in [0.4, 0.5) is 5.69 Å². The van der Waals surface area contributed by atoms with Gasteiger partial charge in [0.2, 0.25) is 0 Å². The van der Waals surface area contributed by atoms with E-state index in [1.807, 2.05) is 0 Å². The number of carbonyl (C=O) groups is 1. The molecule has 0 aliphatic heterocycles. The third kappa shape index (κ3) is 14.0. The molecule has 0 spiro atoms. The van der Waals surface area contributed by atoms with Crippen LogP contribution in [0.3, 0.4) is 0 Å². The molecule has 1 aromatic rings. The van der Waals surface area contributed by atoms with Crippen molar-refractivity contribution in [3.8, 4) is 0 Å². The zero-order chi connectivity index (χ0) is 23.4. The second kappa shape index (κ2) is 19.2. The van der Waals surface area contributed by atoms with Gasteiger partial charge in [0.15, 0.2) is 0 Å². The lowest BCUT2D eigenvalue weighted by Crippen LogP contribution is -2.29. The third-order valence-electron chi connectivity index (χ3n) is 5.40. The number of nitrogens with two attached hydrogens (primary N) is 1. The summed E-state index contributed by atoms with van der Waals surface area (Å²) in [5, 5.41) is 0.419. The number of hydrogen-bond acceptors (Lipinski definition) is 5. The Hall–Kier alpha value is -1.30. The Morgan fingerprint density at radius 1 is 0.844 bits per heavy atom. The molecule has 0 unspecified atom stereocenters. The maximum absolute atomic E-state index is 12.6. The van der Waals surface area contributed by atoms with Crippen molar-refractivity contribution in [3.63, 3.8) is 0 Å². The van der Waals surface area contributed by atoms with Crippen LogP contribution in [0, 0.1) is 0 Å². The van der Waals surface area contributed by atoms with E-state index < -0.39 is 12.1 Å². The van der Waals surface area contributed by atoms with Gasteiger partial charge in [-0.2, -0.15) is 0 Å². The second-order valence-corrected chi connectivity index (χ2v) is 8.86. The summed E-state index contributed by atoms with van der Waals surface area (Å²) in [6.07, 6.45) is 14.1. The van der Waals surface area contributed by atoms with Gasteiger partial charge in [0.25, 0.3) is 0 Å². The lowest BCUT2D eigenvalue weighted by atomic mass is 10.1. The van der Waals surface area contributed by atoms with E-state index in [2.05, 4.69) is 13.8 Å². The highest BCUT2D eigenvalue weighted by Gasteiger charge is 2.17. The maximum Gasteiger partial charge on any atom is 0.338 e. The monoisotopic (exact) mass is 469 g/mol. The number of rotatable bonds is 20. The van der Waals surface area contributed by atoms with Crippen molar-refractivity contribution < 1.29 is 19.0 Å².